The number of aromatic amines is 1. The number of nitrogens with one attached hydrogen (secondary N) is 1. The van der Waals surface area contributed by atoms with Crippen LogP contribution < -0.4 is 4.74 Å². The molecule has 1 N–H and O–H groups in total. The Morgan fingerprint density at radius 2 is 1.92 bits per heavy atom. The van der Waals surface area contributed by atoms with Gasteiger partial charge in [0.15, 0.2) is 0 Å². The monoisotopic (exact) mass is 347 g/mol. The molecule has 3 rings (SSSR count). The third kappa shape index (κ3) is 4.19. The van der Waals surface area contributed by atoms with E-state index in [0.717, 1.165) is 22.6 Å². The SMILES string of the molecule is C=CCOc1ccc(CN(C)C(=O)c2cc(-c3ccccc3)n[nH]2)cc1. The molecule has 1 amide bonds. The quantitative estimate of drug-likeness (QED) is 0.659. The molecule has 1 aromatic heterocycles. The molecule has 0 saturated heterocycles. The molecule has 26 heavy (non-hydrogen) atoms. The zero-order chi connectivity index (χ0) is 18.4. The van der Waals surface area contributed by atoms with E-state index in [4.69, 9.17) is 4.74 Å². The Morgan fingerprint density at radius 1 is 1.19 bits per heavy atom. The van der Waals surface area contributed by atoms with Gasteiger partial charge < -0.3 is 9.64 Å². The largest absolute Gasteiger partial charge is 0.490 e. The van der Waals surface area contributed by atoms with Crippen molar-refractivity contribution in [3.8, 4) is 17.0 Å². The Hall–Kier alpha value is -3.34. The molecule has 0 bridgehead atoms. The van der Waals surface area contributed by atoms with Crippen LogP contribution in [-0.2, 0) is 6.54 Å². The standard InChI is InChI=1S/C21H21N3O2/c1-3-13-26-18-11-9-16(10-12-18)15-24(2)21(25)20-14-19(22-23-20)17-7-5-4-6-8-17/h3-12,14H,1,13,15H2,2H3,(H,22,23). The summed E-state index contributed by atoms with van der Waals surface area (Å²) in [6.45, 7) is 4.60. The van der Waals surface area contributed by atoms with Crippen molar-refractivity contribution in [1.82, 2.24) is 15.1 Å². The van der Waals surface area contributed by atoms with Crippen molar-refractivity contribution in [2.75, 3.05) is 13.7 Å². The third-order valence-corrected chi connectivity index (χ3v) is 3.94. The molecule has 0 spiro atoms. The molecule has 0 atom stereocenters. The minimum absolute atomic E-state index is 0.105. The van der Waals surface area contributed by atoms with Crippen LogP contribution >= 0.6 is 0 Å². The summed E-state index contributed by atoms with van der Waals surface area (Å²) in [4.78, 5) is 14.3. The summed E-state index contributed by atoms with van der Waals surface area (Å²) in [5, 5.41) is 7.07. The van der Waals surface area contributed by atoms with E-state index >= 15 is 0 Å². The lowest BCUT2D eigenvalue weighted by Crippen LogP contribution is -2.26. The number of ether oxygens (including phenoxy) is 1. The maximum Gasteiger partial charge on any atom is 0.271 e. The van der Waals surface area contributed by atoms with Gasteiger partial charge in [-0.2, -0.15) is 5.10 Å². The number of hydrogen-bond acceptors (Lipinski definition) is 3. The first-order valence-electron chi connectivity index (χ1n) is 8.36. The number of hydrogen-bond donors (Lipinski definition) is 1. The molecule has 132 valence electrons. The molecule has 5 heteroatoms. The van der Waals surface area contributed by atoms with E-state index in [9.17, 15) is 4.79 Å². The highest BCUT2D eigenvalue weighted by Crippen LogP contribution is 2.18. The van der Waals surface area contributed by atoms with E-state index in [1.165, 1.54) is 0 Å². The van der Waals surface area contributed by atoms with Crippen LogP contribution in [0.3, 0.4) is 0 Å². The van der Waals surface area contributed by atoms with Crippen molar-refractivity contribution >= 4 is 5.91 Å². The van der Waals surface area contributed by atoms with Crippen LogP contribution in [0.4, 0.5) is 0 Å². The van der Waals surface area contributed by atoms with Crippen molar-refractivity contribution in [2.45, 2.75) is 6.54 Å². The molecule has 0 fully saturated rings. The highest BCUT2D eigenvalue weighted by molar-refractivity contribution is 5.93. The summed E-state index contributed by atoms with van der Waals surface area (Å²) in [7, 11) is 1.77. The van der Waals surface area contributed by atoms with Crippen LogP contribution in [0.15, 0.2) is 73.3 Å². The second kappa shape index (κ2) is 8.16. The lowest BCUT2D eigenvalue weighted by atomic mass is 10.1. The number of carbonyl (C=O) groups is 1. The molecule has 0 radical (unpaired) electrons. The summed E-state index contributed by atoms with van der Waals surface area (Å²) in [5.41, 5.74) is 3.22. The molecule has 1 heterocycles. The number of rotatable bonds is 7. The molecule has 0 aliphatic carbocycles. The fourth-order valence-corrected chi connectivity index (χ4v) is 2.59. The topological polar surface area (TPSA) is 58.2 Å². The smallest absolute Gasteiger partial charge is 0.271 e. The van der Waals surface area contributed by atoms with Crippen LogP contribution in [0, 0.1) is 0 Å². The average Bonchev–Trinajstić information content (AvgIpc) is 3.17. The van der Waals surface area contributed by atoms with Gasteiger partial charge in [-0.15, -0.1) is 0 Å². The van der Waals surface area contributed by atoms with Crippen molar-refractivity contribution in [2.24, 2.45) is 0 Å². The Bertz CT molecular complexity index is 870. The first-order valence-corrected chi connectivity index (χ1v) is 8.36. The number of carbonyl (C=O) groups excluding carboxylic acids is 1. The average molecular weight is 347 g/mol. The van der Waals surface area contributed by atoms with Gasteiger partial charge in [0.1, 0.15) is 18.1 Å². The third-order valence-electron chi connectivity index (χ3n) is 3.94. The zero-order valence-electron chi connectivity index (χ0n) is 14.7. The number of aromatic nitrogens is 2. The number of H-pyrrole nitrogens is 1. The van der Waals surface area contributed by atoms with Crippen molar-refractivity contribution < 1.29 is 9.53 Å². The van der Waals surface area contributed by atoms with Gasteiger partial charge in [-0.3, -0.25) is 9.89 Å². The maximum absolute atomic E-state index is 12.6. The van der Waals surface area contributed by atoms with Crippen LogP contribution in [0.25, 0.3) is 11.3 Å². The number of nitrogens with zero attached hydrogens (tertiary/aromatic N) is 2. The van der Waals surface area contributed by atoms with Crippen LogP contribution in [0.1, 0.15) is 16.1 Å². The molecule has 2 aromatic carbocycles. The minimum Gasteiger partial charge on any atom is -0.490 e. The lowest BCUT2D eigenvalue weighted by Gasteiger charge is -2.16. The minimum atomic E-state index is -0.105. The van der Waals surface area contributed by atoms with Crippen molar-refractivity contribution in [3.63, 3.8) is 0 Å². The summed E-state index contributed by atoms with van der Waals surface area (Å²) >= 11 is 0. The summed E-state index contributed by atoms with van der Waals surface area (Å²) < 4.78 is 5.46. The van der Waals surface area contributed by atoms with E-state index in [1.54, 1.807) is 24.1 Å². The second-order valence-electron chi connectivity index (χ2n) is 5.94. The Morgan fingerprint density at radius 3 is 2.62 bits per heavy atom. The van der Waals surface area contributed by atoms with E-state index in [2.05, 4.69) is 16.8 Å². The molecule has 0 unspecified atom stereocenters. The summed E-state index contributed by atoms with van der Waals surface area (Å²) in [6.07, 6.45) is 1.70. The predicted octanol–water partition coefficient (Wildman–Crippen LogP) is 3.91. The fourth-order valence-electron chi connectivity index (χ4n) is 2.59. The summed E-state index contributed by atoms with van der Waals surface area (Å²) in [6, 6.07) is 19.2. The first-order chi connectivity index (χ1) is 12.7. The highest BCUT2D eigenvalue weighted by atomic mass is 16.5. The summed E-state index contributed by atoms with van der Waals surface area (Å²) in [5.74, 6) is 0.676. The Labute approximate surface area is 152 Å². The molecular formula is C21H21N3O2. The van der Waals surface area contributed by atoms with Gasteiger partial charge in [0.25, 0.3) is 5.91 Å². The van der Waals surface area contributed by atoms with Gasteiger partial charge in [-0.05, 0) is 23.8 Å². The second-order valence-corrected chi connectivity index (χ2v) is 5.94. The molecule has 3 aromatic rings. The zero-order valence-corrected chi connectivity index (χ0v) is 14.7. The van der Waals surface area contributed by atoms with Crippen molar-refractivity contribution in [1.29, 1.82) is 0 Å². The van der Waals surface area contributed by atoms with Gasteiger partial charge in [-0.25, -0.2) is 0 Å². The van der Waals surface area contributed by atoms with E-state index < -0.39 is 0 Å². The van der Waals surface area contributed by atoms with Gasteiger partial charge in [0, 0.05) is 19.2 Å². The van der Waals surface area contributed by atoms with Gasteiger partial charge in [0.05, 0.1) is 5.69 Å². The van der Waals surface area contributed by atoms with Gasteiger partial charge in [-0.1, -0.05) is 55.1 Å². The fraction of sp³-hybridized carbons (Fsp3) is 0.143. The number of amides is 1. The van der Waals surface area contributed by atoms with Crippen molar-refractivity contribution in [3.05, 3.63) is 84.6 Å². The first kappa shape index (κ1) is 17.5. The molecule has 0 aliphatic rings. The normalized spacial score (nSPS) is 10.3. The Kier molecular flexibility index (Phi) is 5.49. The van der Waals surface area contributed by atoms with E-state index in [1.807, 2.05) is 54.6 Å². The van der Waals surface area contributed by atoms with Crippen LogP contribution in [0.5, 0.6) is 5.75 Å². The highest BCUT2D eigenvalue weighted by Gasteiger charge is 2.15. The van der Waals surface area contributed by atoms with Gasteiger partial charge >= 0.3 is 0 Å². The van der Waals surface area contributed by atoms with Crippen LogP contribution in [0.2, 0.25) is 0 Å². The molecule has 5 nitrogen and oxygen atoms in total. The predicted molar refractivity (Wildman–Crippen MR) is 102 cm³/mol. The van der Waals surface area contributed by atoms with E-state index in [-0.39, 0.29) is 5.91 Å². The molecular weight excluding hydrogens is 326 g/mol. The van der Waals surface area contributed by atoms with Crippen LogP contribution in [-0.4, -0.2) is 34.7 Å². The lowest BCUT2D eigenvalue weighted by molar-refractivity contribution is 0.0779. The Balaban J connectivity index is 1.64. The molecule has 0 saturated carbocycles. The van der Waals surface area contributed by atoms with Gasteiger partial charge in [0.2, 0.25) is 0 Å². The maximum atomic E-state index is 12.6. The molecule has 0 aliphatic heterocycles. The van der Waals surface area contributed by atoms with E-state index in [0.29, 0.717) is 18.8 Å². The number of benzene rings is 2.